The van der Waals surface area contributed by atoms with E-state index in [9.17, 15) is 9.66 Å². The topological polar surface area (TPSA) is 96.4 Å². The molecule has 2 aromatic carbocycles. The van der Waals surface area contributed by atoms with E-state index in [-0.39, 0.29) is 22.8 Å². The van der Waals surface area contributed by atoms with Gasteiger partial charge >= 0.3 is 0 Å². The third-order valence-corrected chi connectivity index (χ3v) is 9.27. The largest absolute Gasteiger partial charge is 0.598 e. The third kappa shape index (κ3) is 6.07. The summed E-state index contributed by atoms with van der Waals surface area (Å²) in [6, 6.07) is 18.5. The van der Waals surface area contributed by atoms with E-state index in [1.54, 1.807) is 6.20 Å². The Balaban J connectivity index is 1.28. The van der Waals surface area contributed by atoms with E-state index >= 15 is 0 Å². The highest BCUT2D eigenvalue weighted by molar-refractivity contribution is 7.90. The Labute approximate surface area is 234 Å². The van der Waals surface area contributed by atoms with Crippen molar-refractivity contribution in [1.82, 2.24) is 14.7 Å². The van der Waals surface area contributed by atoms with Crippen LogP contribution in [0.3, 0.4) is 0 Å². The Morgan fingerprint density at radius 2 is 1.82 bits per heavy atom. The van der Waals surface area contributed by atoms with Gasteiger partial charge in [-0.2, -0.15) is 0 Å². The van der Waals surface area contributed by atoms with E-state index in [1.165, 1.54) is 11.1 Å². The van der Waals surface area contributed by atoms with Crippen LogP contribution in [0.1, 0.15) is 62.2 Å². The second-order valence-corrected chi connectivity index (χ2v) is 13.4. The van der Waals surface area contributed by atoms with Crippen molar-refractivity contribution in [3.63, 3.8) is 0 Å². The van der Waals surface area contributed by atoms with Gasteiger partial charge < -0.3 is 19.9 Å². The van der Waals surface area contributed by atoms with E-state index in [0.29, 0.717) is 17.9 Å². The number of hydrogen-bond donors (Lipinski definition) is 3. The standard InChI is InChI=1S/C31H37N5O2S/c1-30(2,3)39(38)35-28-26-14-8-7-10-23(26)20-31(28)15-18-36(19-16-31)29-27(22-37)34-25(21-33-29)13-9-17-32-24-11-5-4-6-12-24/h4-8,10-12,14,21,28,32,35,37H,15-20,22H2,1-3H3/t28-,39?/m1/s1. The molecule has 0 radical (unpaired) electrons. The molecule has 1 aromatic heterocycles. The van der Waals surface area contributed by atoms with E-state index in [2.05, 4.69) is 61.0 Å². The summed E-state index contributed by atoms with van der Waals surface area (Å²) in [5, 5.41) is 13.4. The SMILES string of the molecule is CC(C)(C)[S+]([O-])N[C@@H]1c2ccccc2CC12CCN(c1ncc(C#CCNc3ccccc3)nc1CO)CC2. The second kappa shape index (κ2) is 11.6. The van der Waals surface area contributed by atoms with Crippen LogP contribution in [0.2, 0.25) is 0 Å². The molecular weight excluding hydrogens is 506 g/mol. The maximum Gasteiger partial charge on any atom is 0.152 e. The number of nitrogens with one attached hydrogen (secondary N) is 2. The van der Waals surface area contributed by atoms with Gasteiger partial charge in [0.05, 0.1) is 25.4 Å². The minimum atomic E-state index is -1.17. The monoisotopic (exact) mass is 543 g/mol. The number of piperidine rings is 1. The molecule has 0 saturated carbocycles. The molecule has 204 valence electrons. The number of anilines is 2. The van der Waals surface area contributed by atoms with E-state index in [0.717, 1.165) is 43.9 Å². The summed E-state index contributed by atoms with van der Waals surface area (Å²) < 4.78 is 16.3. The van der Waals surface area contributed by atoms with Crippen molar-refractivity contribution in [2.45, 2.75) is 57.4 Å². The number of aliphatic hydroxyl groups excluding tert-OH is 1. The predicted octanol–water partition coefficient (Wildman–Crippen LogP) is 4.37. The number of nitrogens with zero attached hydrogens (tertiary/aromatic N) is 3. The Bertz CT molecular complexity index is 1340. The van der Waals surface area contributed by atoms with Gasteiger partial charge in [-0.3, -0.25) is 0 Å². The Hall–Kier alpha value is -3.09. The van der Waals surface area contributed by atoms with Crippen molar-refractivity contribution in [2.24, 2.45) is 5.41 Å². The highest BCUT2D eigenvalue weighted by Crippen LogP contribution is 2.52. The number of aromatic nitrogens is 2. The summed E-state index contributed by atoms with van der Waals surface area (Å²) in [4.78, 5) is 11.5. The number of hydrogen-bond acceptors (Lipinski definition) is 7. The fraction of sp³-hybridized carbons (Fsp3) is 0.419. The smallest absolute Gasteiger partial charge is 0.152 e. The first kappa shape index (κ1) is 27.5. The minimum absolute atomic E-state index is 0.00886. The molecule has 1 aliphatic heterocycles. The quantitative estimate of drug-likeness (QED) is 0.314. The molecule has 2 heterocycles. The predicted molar refractivity (Wildman–Crippen MR) is 158 cm³/mol. The first-order chi connectivity index (χ1) is 18.8. The molecule has 1 aliphatic carbocycles. The summed E-state index contributed by atoms with van der Waals surface area (Å²) in [5.41, 5.74) is 4.71. The number of benzene rings is 2. The second-order valence-electron chi connectivity index (χ2n) is 11.4. The average molecular weight is 544 g/mol. The van der Waals surface area contributed by atoms with Crippen LogP contribution in [-0.2, 0) is 24.4 Å². The van der Waals surface area contributed by atoms with Gasteiger partial charge in [0.2, 0.25) is 0 Å². The Morgan fingerprint density at radius 1 is 1.10 bits per heavy atom. The molecule has 5 rings (SSSR count). The highest BCUT2D eigenvalue weighted by atomic mass is 32.2. The molecule has 0 amide bonds. The van der Waals surface area contributed by atoms with E-state index in [4.69, 9.17) is 0 Å². The summed E-state index contributed by atoms with van der Waals surface area (Å²) in [6.45, 7) is 7.92. The van der Waals surface area contributed by atoms with Crippen LogP contribution < -0.4 is 14.9 Å². The Kier molecular flexibility index (Phi) is 8.15. The molecule has 2 atom stereocenters. The summed E-state index contributed by atoms with van der Waals surface area (Å²) in [7, 11) is 0. The zero-order valence-corrected chi connectivity index (χ0v) is 23.7. The van der Waals surface area contributed by atoms with Crippen LogP contribution in [0.5, 0.6) is 0 Å². The van der Waals surface area contributed by atoms with Crippen molar-refractivity contribution in [3.8, 4) is 11.8 Å². The molecule has 8 heteroatoms. The van der Waals surface area contributed by atoms with Crippen molar-refractivity contribution in [3.05, 3.63) is 83.3 Å². The molecule has 0 bridgehead atoms. The Morgan fingerprint density at radius 3 is 2.54 bits per heavy atom. The molecule has 3 aromatic rings. The van der Waals surface area contributed by atoms with Crippen LogP contribution in [-0.4, -0.2) is 44.0 Å². The van der Waals surface area contributed by atoms with Crippen LogP contribution in [0.25, 0.3) is 0 Å². The van der Waals surface area contributed by atoms with Gasteiger partial charge in [-0.1, -0.05) is 48.4 Å². The van der Waals surface area contributed by atoms with Gasteiger partial charge in [0.25, 0.3) is 0 Å². The molecule has 39 heavy (non-hydrogen) atoms. The van der Waals surface area contributed by atoms with Gasteiger partial charge in [0.1, 0.15) is 16.1 Å². The molecule has 3 N–H and O–H groups in total. The van der Waals surface area contributed by atoms with Gasteiger partial charge in [-0.05, 0) is 69.2 Å². The maximum atomic E-state index is 13.2. The van der Waals surface area contributed by atoms with Gasteiger partial charge in [0, 0.05) is 35.6 Å². The molecule has 1 fully saturated rings. The van der Waals surface area contributed by atoms with Crippen molar-refractivity contribution < 1.29 is 9.66 Å². The third-order valence-electron chi connectivity index (χ3n) is 7.70. The molecule has 1 spiro atoms. The van der Waals surface area contributed by atoms with E-state index in [1.807, 2.05) is 51.1 Å². The molecular formula is C31H37N5O2S. The van der Waals surface area contributed by atoms with Gasteiger partial charge in [-0.15, -0.1) is 4.72 Å². The maximum absolute atomic E-state index is 13.2. The van der Waals surface area contributed by atoms with Gasteiger partial charge in [-0.25, -0.2) is 9.97 Å². The van der Waals surface area contributed by atoms with Crippen molar-refractivity contribution in [2.75, 3.05) is 29.9 Å². The molecule has 7 nitrogen and oxygen atoms in total. The van der Waals surface area contributed by atoms with Crippen molar-refractivity contribution >= 4 is 22.9 Å². The molecule has 2 aliphatic rings. The first-order valence-corrected chi connectivity index (χ1v) is 14.7. The normalized spacial score (nSPS) is 18.8. The summed E-state index contributed by atoms with van der Waals surface area (Å²) >= 11 is -1.17. The lowest BCUT2D eigenvalue weighted by Crippen LogP contribution is -2.50. The van der Waals surface area contributed by atoms with E-state index < -0.39 is 11.4 Å². The van der Waals surface area contributed by atoms with Crippen LogP contribution in [0.4, 0.5) is 11.5 Å². The van der Waals surface area contributed by atoms with Gasteiger partial charge in [0.15, 0.2) is 5.82 Å². The first-order valence-electron chi connectivity index (χ1n) is 13.5. The minimum Gasteiger partial charge on any atom is -0.598 e. The fourth-order valence-electron chi connectivity index (χ4n) is 5.58. The lowest BCUT2D eigenvalue weighted by molar-refractivity contribution is 0.175. The molecule has 1 saturated heterocycles. The lowest BCUT2D eigenvalue weighted by Gasteiger charge is -2.44. The summed E-state index contributed by atoms with van der Waals surface area (Å²) in [5.74, 6) is 6.86. The highest BCUT2D eigenvalue weighted by Gasteiger charge is 2.50. The lowest BCUT2D eigenvalue weighted by atomic mass is 9.73. The summed E-state index contributed by atoms with van der Waals surface area (Å²) in [6.07, 6.45) is 4.52. The zero-order chi connectivity index (χ0) is 27.5. The number of aliphatic hydroxyl groups is 1. The van der Waals surface area contributed by atoms with Crippen LogP contribution >= 0.6 is 0 Å². The van der Waals surface area contributed by atoms with Crippen LogP contribution in [0.15, 0.2) is 60.8 Å². The zero-order valence-electron chi connectivity index (χ0n) is 22.9. The number of fused-ring (bicyclic) bond motifs is 1. The van der Waals surface area contributed by atoms with Crippen molar-refractivity contribution in [1.29, 1.82) is 0 Å². The number of rotatable bonds is 6. The average Bonchev–Trinajstić information content (AvgIpc) is 3.23. The fourth-order valence-corrected chi connectivity index (χ4v) is 6.52. The van der Waals surface area contributed by atoms with Crippen LogP contribution in [0, 0.1) is 17.3 Å². The molecule has 1 unspecified atom stereocenters. The number of para-hydroxylation sites is 1.